The number of hydrogen-bond acceptors (Lipinski definition) is 5. The standard InChI is InChI=1S/C19H28N6/c1-14(2)18-20-10-9-16(21-18)24-11-6-7-15(13-24)19-23-22-17-8-4-3-5-12-25(17)19/h9-10,14-15H,3-8,11-13H2,1-2H3. The molecule has 4 rings (SSSR count). The zero-order chi connectivity index (χ0) is 17.2. The molecule has 2 aliphatic rings. The van der Waals surface area contributed by atoms with Crippen LogP contribution in [-0.2, 0) is 13.0 Å². The Balaban J connectivity index is 1.56. The molecule has 1 unspecified atom stereocenters. The predicted octanol–water partition coefficient (Wildman–Crippen LogP) is 3.30. The Hall–Kier alpha value is -1.98. The zero-order valence-corrected chi connectivity index (χ0v) is 15.4. The van der Waals surface area contributed by atoms with E-state index in [0.29, 0.717) is 11.8 Å². The molecule has 2 aromatic heterocycles. The van der Waals surface area contributed by atoms with Crippen LogP contribution < -0.4 is 4.90 Å². The van der Waals surface area contributed by atoms with Crippen LogP contribution in [0.2, 0.25) is 0 Å². The first-order chi connectivity index (χ1) is 12.2. The summed E-state index contributed by atoms with van der Waals surface area (Å²) in [4.78, 5) is 11.6. The van der Waals surface area contributed by atoms with Crippen LogP contribution in [0.1, 0.15) is 75.3 Å². The van der Waals surface area contributed by atoms with Gasteiger partial charge in [-0.15, -0.1) is 10.2 Å². The van der Waals surface area contributed by atoms with Crippen LogP contribution in [0.3, 0.4) is 0 Å². The highest BCUT2D eigenvalue weighted by atomic mass is 15.3. The molecule has 0 N–H and O–H groups in total. The monoisotopic (exact) mass is 340 g/mol. The van der Waals surface area contributed by atoms with Gasteiger partial charge >= 0.3 is 0 Å². The predicted molar refractivity (Wildman–Crippen MR) is 97.9 cm³/mol. The van der Waals surface area contributed by atoms with E-state index in [2.05, 4.69) is 38.5 Å². The summed E-state index contributed by atoms with van der Waals surface area (Å²) < 4.78 is 2.40. The van der Waals surface area contributed by atoms with E-state index in [4.69, 9.17) is 4.98 Å². The van der Waals surface area contributed by atoms with E-state index in [0.717, 1.165) is 37.7 Å². The van der Waals surface area contributed by atoms with Crippen LogP contribution in [0.5, 0.6) is 0 Å². The second-order valence-corrected chi connectivity index (χ2v) is 7.65. The molecule has 0 bridgehead atoms. The second kappa shape index (κ2) is 7.10. The Bertz CT molecular complexity index is 722. The topological polar surface area (TPSA) is 59.7 Å². The molecule has 0 amide bonds. The first-order valence-corrected chi connectivity index (χ1v) is 9.72. The number of nitrogens with zero attached hydrogens (tertiary/aromatic N) is 6. The van der Waals surface area contributed by atoms with Gasteiger partial charge in [-0.1, -0.05) is 20.3 Å². The summed E-state index contributed by atoms with van der Waals surface area (Å²) >= 11 is 0. The Morgan fingerprint density at radius 1 is 1.08 bits per heavy atom. The van der Waals surface area contributed by atoms with Crippen molar-refractivity contribution in [2.75, 3.05) is 18.0 Å². The van der Waals surface area contributed by atoms with E-state index in [-0.39, 0.29) is 0 Å². The SMILES string of the molecule is CC(C)c1nccc(N2CCCC(c3nnc4n3CCCCC4)C2)n1. The van der Waals surface area contributed by atoms with E-state index in [1.54, 1.807) is 0 Å². The van der Waals surface area contributed by atoms with Gasteiger partial charge in [0.25, 0.3) is 0 Å². The molecule has 0 spiro atoms. The molecule has 1 saturated heterocycles. The first-order valence-electron chi connectivity index (χ1n) is 9.72. The van der Waals surface area contributed by atoms with Gasteiger partial charge in [-0.05, 0) is 31.7 Å². The number of aromatic nitrogens is 5. The molecule has 1 fully saturated rings. The average molecular weight is 340 g/mol. The van der Waals surface area contributed by atoms with Gasteiger partial charge < -0.3 is 9.47 Å². The minimum Gasteiger partial charge on any atom is -0.356 e. The van der Waals surface area contributed by atoms with Crippen molar-refractivity contribution in [2.45, 2.75) is 70.8 Å². The van der Waals surface area contributed by atoms with E-state index in [1.165, 1.54) is 43.8 Å². The van der Waals surface area contributed by atoms with Crippen molar-refractivity contribution in [1.29, 1.82) is 0 Å². The lowest BCUT2D eigenvalue weighted by molar-refractivity contribution is 0.463. The number of piperidine rings is 1. The summed E-state index contributed by atoms with van der Waals surface area (Å²) in [5, 5.41) is 9.09. The largest absolute Gasteiger partial charge is 0.356 e. The quantitative estimate of drug-likeness (QED) is 0.858. The molecule has 25 heavy (non-hydrogen) atoms. The molecule has 134 valence electrons. The molecule has 0 saturated carbocycles. The molecule has 0 aliphatic carbocycles. The maximum absolute atomic E-state index is 4.79. The average Bonchev–Trinajstić information content (AvgIpc) is 2.90. The fourth-order valence-electron chi connectivity index (χ4n) is 4.02. The fraction of sp³-hybridized carbons (Fsp3) is 0.684. The lowest BCUT2D eigenvalue weighted by Gasteiger charge is -2.33. The number of rotatable bonds is 3. The van der Waals surface area contributed by atoms with Crippen molar-refractivity contribution in [1.82, 2.24) is 24.7 Å². The Labute approximate surface area is 149 Å². The van der Waals surface area contributed by atoms with Crippen LogP contribution in [0.25, 0.3) is 0 Å². The molecule has 6 heteroatoms. The molecule has 0 aromatic carbocycles. The van der Waals surface area contributed by atoms with Crippen LogP contribution in [0.15, 0.2) is 12.3 Å². The number of aryl methyl sites for hydroxylation is 1. The van der Waals surface area contributed by atoms with Gasteiger partial charge in [0.2, 0.25) is 0 Å². The molecule has 2 aromatic rings. The summed E-state index contributed by atoms with van der Waals surface area (Å²) in [5.74, 6) is 5.17. The highest BCUT2D eigenvalue weighted by Gasteiger charge is 2.28. The van der Waals surface area contributed by atoms with Gasteiger partial charge in [0.15, 0.2) is 0 Å². The van der Waals surface area contributed by atoms with E-state index < -0.39 is 0 Å². The fourth-order valence-corrected chi connectivity index (χ4v) is 4.02. The molecule has 2 aliphatic heterocycles. The maximum atomic E-state index is 4.79. The van der Waals surface area contributed by atoms with Crippen molar-refractivity contribution in [3.05, 3.63) is 29.7 Å². The molecule has 1 atom stereocenters. The number of fused-ring (bicyclic) bond motifs is 1. The third kappa shape index (κ3) is 3.39. The normalized spacial score (nSPS) is 21.2. The van der Waals surface area contributed by atoms with Crippen molar-refractivity contribution >= 4 is 5.82 Å². The Kier molecular flexibility index (Phi) is 4.68. The van der Waals surface area contributed by atoms with Crippen molar-refractivity contribution < 1.29 is 0 Å². The minimum atomic E-state index is 0.354. The van der Waals surface area contributed by atoms with Crippen LogP contribution in [0, 0.1) is 0 Å². The highest BCUT2D eigenvalue weighted by Crippen LogP contribution is 2.30. The van der Waals surface area contributed by atoms with Gasteiger partial charge in [-0.3, -0.25) is 0 Å². The van der Waals surface area contributed by atoms with Crippen LogP contribution in [0.4, 0.5) is 5.82 Å². The lowest BCUT2D eigenvalue weighted by atomic mass is 9.97. The second-order valence-electron chi connectivity index (χ2n) is 7.65. The Morgan fingerprint density at radius 3 is 2.88 bits per heavy atom. The van der Waals surface area contributed by atoms with Crippen LogP contribution >= 0.6 is 0 Å². The first kappa shape index (κ1) is 16.5. The third-order valence-electron chi connectivity index (χ3n) is 5.42. The van der Waals surface area contributed by atoms with Crippen molar-refractivity contribution in [3.63, 3.8) is 0 Å². The van der Waals surface area contributed by atoms with Gasteiger partial charge in [0.05, 0.1) is 0 Å². The molecule has 0 radical (unpaired) electrons. The summed E-state index contributed by atoms with van der Waals surface area (Å²) in [7, 11) is 0. The number of hydrogen-bond donors (Lipinski definition) is 0. The summed E-state index contributed by atoms with van der Waals surface area (Å²) in [6, 6.07) is 2.04. The smallest absolute Gasteiger partial charge is 0.137 e. The van der Waals surface area contributed by atoms with Gasteiger partial charge in [0, 0.05) is 44.1 Å². The Morgan fingerprint density at radius 2 is 2.00 bits per heavy atom. The van der Waals surface area contributed by atoms with Crippen molar-refractivity contribution in [2.24, 2.45) is 0 Å². The van der Waals surface area contributed by atoms with Gasteiger partial charge in [0.1, 0.15) is 23.3 Å². The molecule has 6 nitrogen and oxygen atoms in total. The minimum absolute atomic E-state index is 0.354. The zero-order valence-electron chi connectivity index (χ0n) is 15.4. The maximum Gasteiger partial charge on any atom is 0.137 e. The van der Waals surface area contributed by atoms with Gasteiger partial charge in [-0.2, -0.15) is 0 Å². The molecule has 4 heterocycles. The van der Waals surface area contributed by atoms with Crippen LogP contribution in [-0.4, -0.2) is 37.8 Å². The number of anilines is 1. The highest BCUT2D eigenvalue weighted by molar-refractivity contribution is 5.39. The summed E-state index contributed by atoms with van der Waals surface area (Å²) in [6.07, 6.45) is 9.13. The van der Waals surface area contributed by atoms with E-state index in [1.807, 2.05) is 12.3 Å². The van der Waals surface area contributed by atoms with E-state index in [9.17, 15) is 0 Å². The third-order valence-corrected chi connectivity index (χ3v) is 5.42. The molecular formula is C19H28N6. The van der Waals surface area contributed by atoms with E-state index >= 15 is 0 Å². The summed E-state index contributed by atoms with van der Waals surface area (Å²) in [5.41, 5.74) is 0. The lowest BCUT2D eigenvalue weighted by Crippen LogP contribution is -2.36. The summed E-state index contributed by atoms with van der Waals surface area (Å²) in [6.45, 7) is 7.41. The van der Waals surface area contributed by atoms with Gasteiger partial charge in [-0.25, -0.2) is 9.97 Å². The van der Waals surface area contributed by atoms with Crippen molar-refractivity contribution in [3.8, 4) is 0 Å². The molecular weight excluding hydrogens is 312 g/mol.